The van der Waals surface area contributed by atoms with E-state index in [2.05, 4.69) is 11.1 Å². The molecule has 0 aliphatic carbocycles. The third kappa shape index (κ3) is 1.63. The van der Waals surface area contributed by atoms with Crippen molar-refractivity contribution in [3.8, 4) is 6.07 Å². The Labute approximate surface area is 75.3 Å². The summed E-state index contributed by atoms with van der Waals surface area (Å²) in [5, 5.41) is 18.3. The van der Waals surface area contributed by atoms with Crippen molar-refractivity contribution < 1.29 is 5.11 Å². The van der Waals surface area contributed by atoms with Crippen LogP contribution in [0.25, 0.3) is 0 Å². The minimum Gasteiger partial charge on any atom is -0.391 e. The second kappa shape index (κ2) is 3.21. The highest BCUT2D eigenvalue weighted by molar-refractivity contribution is 7.11. The summed E-state index contributed by atoms with van der Waals surface area (Å²) in [7, 11) is 0. The normalized spacial score (nSPS) is 11.2. The summed E-state index contributed by atoms with van der Waals surface area (Å²) < 4.78 is 0. The smallest absolute Gasteiger partial charge is 0.113 e. The topological polar surface area (TPSA) is 56.9 Å². The fraction of sp³-hybridized carbons (Fsp3) is 0.500. The predicted octanol–water partition coefficient (Wildman–Crippen LogP) is 1.44. The summed E-state index contributed by atoms with van der Waals surface area (Å²) in [5.74, 6) is 0. The second-order valence-corrected chi connectivity index (χ2v) is 4.14. The van der Waals surface area contributed by atoms with Gasteiger partial charge in [-0.15, -0.1) is 11.3 Å². The minimum atomic E-state index is -0.544. The molecule has 0 saturated carbocycles. The molecule has 0 saturated heterocycles. The highest BCUT2D eigenvalue weighted by atomic mass is 32.1. The van der Waals surface area contributed by atoms with Gasteiger partial charge < -0.3 is 5.11 Å². The Bertz CT molecular complexity index is 311. The number of aliphatic hydroxyl groups is 1. The van der Waals surface area contributed by atoms with Crippen molar-refractivity contribution in [1.29, 1.82) is 5.26 Å². The number of aromatic nitrogens is 1. The number of aliphatic hydroxyl groups excluding tert-OH is 1. The lowest BCUT2D eigenvalue weighted by molar-refractivity contribution is 0.285. The molecule has 0 aromatic carbocycles. The number of rotatable bonds is 2. The van der Waals surface area contributed by atoms with E-state index in [0.717, 1.165) is 9.88 Å². The molecule has 1 aromatic rings. The summed E-state index contributed by atoms with van der Waals surface area (Å²) in [6.07, 6.45) is 1.61. The lowest BCUT2D eigenvalue weighted by Gasteiger charge is -2.09. The molecule has 1 N–H and O–H groups in total. The van der Waals surface area contributed by atoms with Crippen molar-refractivity contribution in [1.82, 2.24) is 4.98 Å². The maximum absolute atomic E-state index is 8.78. The van der Waals surface area contributed by atoms with Crippen molar-refractivity contribution in [2.24, 2.45) is 0 Å². The SMILES string of the molecule is CC(C)(C#N)c1ncc(CO)s1. The van der Waals surface area contributed by atoms with Crippen LogP contribution in [0.3, 0.4) is 0 Å². The molecular weight excluding hydrogens is 172 g/mol. The molecule has 3 nitrogen and oxygen atoms in total. The third-order valence-corrected chi connectivity index (χ3v) is 2.83. The summed E-state index contributed by atoms with van der Waals surface area (Å²) in [6, 6.07) is 2.16. The third-order valence-electron chi connectivity index (χ3n) is 1.52. The largest absolute Gasteiger partial charge is 0.391 e. The number of thiazole rings is 1. The Morgan fingerprint density at radius 1 is 1.75 bits per heavy atom. The molecule has 4 heteroatoms. The highest BCUT2D eigenvalue weighted by Gasteiger charge is 2.23. The molecule has 1 rings (SSSR count). The first-order chi connectivity index (χ1) is 5.60. The van der Waals surface area contributed by atoms with Crippen LogP contribution >= 0.6 is 11.3 Å². The van der Waals surface area contributed by atoms with Gasteiger partial charge in [0, 0.05) is 6.20 Å². The lowest BCUT2D eigenvalue weighted by Crippen LogP contribution is -2.12. The van der Waals surface area contributed by atoms with E-state index in [-0.39, 0.29) is 6.61 Å². The van der Waals surface area contributed by atoms with Gasteiger partial charge in [-0.05, 0) is 13.8 Å². The van der Waals surface area contributed by atoms with Crippen molar-refractivity contribution in [2.75, 3.05) is 0 Å². The van der Waals surface area contributed by atoms with Crippen LogP contribution in [0.2, 0.25) is 0 Å². The van der Waals surface area contributed by atoms with Gasteiger partial charge in [0.2, 0.25) is 0 Å². The van der Waals surface area contributed by atoms with Gasteiger partial charge in [0.15, 0.2) is 0 Å². The van der Waals surface area contributed by atoms with Crippen LogP contribution in [-0.4, -0.2) is 10.1 Å². The molecule has 0 spiro atoms. The predicted molar refractivity (Wildman–Crippen MR) is 46.7 cm³/mol. The fourth-order valence-corrected chi connectivity index (χ4v) is 1.54. The highest BCUT2D eigenvalue weighted by Crippen LogP contribution is 2.26. The van der Waals surface area contributed by atoms with Gasteiger partial charge in [0.1, 0.15) is 10.4 Å². The van der Waals surface area contributed by atoms with Crippen LogP contribution in [0.5, 0.6) is 0 Å². The van der Waals surface area contributed by atoms with E-state index < -0.39 is 5.41 Å². The Kier molecular flexibility index (Phi) is 2.46. The molecule has 0 unspecified atom stereocenters. The first kappa shape index (κ1) is 9.17. The van der Waals surface area contributed by atoms with Crippen molar-refractivity contribution >= 4 is 11.3 Å². The zero-order valence-corrected chi connectivity index (χ0v) is 7.85. The van der Waals surface area contributed by atoms with Crippen LogP contribution in [0.1, 0.15) is 23.7 Å². The van der Waals surface area contributed by atoms with Gasteiger partial charge in [-0.25, -0.2) is 4.98 Å². The van der Waals surface area contributed by atoms with E-state index in [9.17, 15) is 0 Å². The molecule has 64 valence electrons. The van der Waals surface area contributed by atoms with Crippen LogP contribution in [-0.2, 0) is 12.0 Å². The van der Waals surface area contributed by atoms with Gasteiger partial charge in [0.25, 0.3) is 0 Å². The monoisotopic (exact) mass is 182 g/mol. The molecule has 0 bridgehead atoms. The minimum absolute atomic E-state index is 0.000818. The number of nitrogens with zero attached hydrogens (tertiary/aromatic N) is 2. The molecule has 0 atom stereocenters. The van der Waals surface area contributed by atoms with E-state index in [4.69, 9.17) is 10.4 Å². The first-order valence-electron chi connectivity index (χ1n) is 3.57. The van der Waals surface area contributed by atoms with E-state index in [0.29, 0.717) is 0 Å². The molecular formula is C8H10N2OS. The average molecular weight is 182 g/mol. The fourth-order valence-electron chi connectivity index (χ4n) is 0.717. The summed E-state index contributed by atoms with van der Waals surface area (Å²) in [6.45, 7) is 3.62. The Balaban J connectivity index is 2.98. The van der Waals surface area contributed by atoms with Crippen molar-refractivity contribution in [3.05, 3.63) is 16.1 Å². The molecule has 0 amide bonds. The Morgan fingerprint density at radius 3 is 2.83 bits per heavy atom. The van der Waals surface area contributed by atoms with Crippen LogP contribution in [0, 0.1) is 11.3 Å². The number of hydrogen-bond donors (Lipinski definition) is 1. The van der Waals surface area contributed by atoms with Gasteiger partial charge >= 0.3 is 0 Å². The van der Waals surface area contributed by atoms with Gasteiger partial charge in [-0.3, -0.25) is 0 Å². The molecule has 12 heavy (non-hydrogen) atoms. The molecule has 0 fully saturated rings. The molecule has 0 aliphatic heterocycles. The maximum Gasteiger partial charge on any atom is 0.113 e. The van der Waals surface area contributed by atoms with E-state index >= 15 is 0 Å². The summed E-state index contributed by atoms with van der Waals surface area (Å²) in [4.78, 5) is 4.86. The summed E-state index contributed by atoms with van der Waals surface area (Å²) >= 11 is 1.38. The van der Waals surface area contributed by atoms with Gasteiger partial charge in [0.05, 0.1) is 17.6 Å². The van der Waals surface area contributed by atoms with Crippen molar-refractivity contribution in [3.63, 3.8) is 0 Å². The van der Waals surface area contributed by atoms with Crippen molar-refractivity contribution in [2.45, 2.75) is 25.9 Å². The quantitative estimate of drug-likeness (QED) is 0.752. The van der Waals surface area contributed by atoms with E-state index in [1.165, 1.54) is 11.3 Å². The van der Waals surface area contributed by atoms with Crippen LogP contribution < -0.4 is 0 Å². The zero-order valence-electron chi connectivity index (χ0n) is 7.03. The van der Waals surface area contributed by atoms with Crippen LogP contribution in [0.4, 0.5) is 0 Å². The zero-order chi connectivity index (χ0) is 9.19. The second-order valence-electron chi connectivity index (χ2n) is 3.03. The molecule has 1 heterocycles. The maximum atomic E-state index is 8.78. The summed E-state index contributed by atoms with van der Waals surface area (Å²) in [5.41, 5.74) is -0.544. The van der Waals surface area contributed by atoms with E-state index in [1.807, 2.05) is 13.8 Å². The Hall–Kier alpha value is -0.920. The Morgan fingerprint density at radius 2 is 2.42 bits per heavy atom. The first-order valence-corrected chi connectivity index (χ1v) is 4.39. The number of nitriles is 1. The molecule has 0 radical (unpaired) electrons. The molecule has 0 aliphatic rings. The van der Waals surface area contributed by atoms with Crippen LogP contribution in [0.15, 0.2) is 6.20 Å². The lowest BCUT2D eigenvalue weighted by atomic mass is 9.97. The van der Waals surface area contributed by atoms with E-state index in [1.54, 1.807) is 6.20 Å². The van der Waals surface area contributed by atoms with Gasteiger partial charge in [-0.1, -0.05) is 0 Å². The van der Waals surface area contributed by atoms with Gasteiger partial charge in [-0.2, -0.15) is 5.26 Å². The number of hydrogen-bond acceptors (Lipinski definition) is 4. The average Bonchev–Trinajstić information content (AvgIpc) is 2.52. The molecule has 1 aromatic heterocycles. The standard InChI is InChI=1S/C8H10N2OS/c1-8(2,5-9)7-10-3-6(4-11)12-7/h3,11H,4H2,1-2H3.